The van der Waals surface area contributed by atoms with E-state index in [4.69, 9.17) is 14.2 Å². The number of aryl methyl sites for hydroxylation is 2. The average Bonchev–Trinajstić information content (AvgIpc) is 3.25. The molecule has 3 amide bonds. The molecule has 11 heteroatoms. The van der Waals surface area contributed by atoms with Crippen LogP contribution in [0.25, 0.3) is 5.69 Å². The van der Waals surface area contributed by atoms with E-state index >= 15 is 0 Å². The van der Waals surface area contributed by atoms with Gasteiger partial charge in [-0.2, -0.15) is 5.10 Å². The van der Waals surface area contributed by atoms with Gasteiger partial charge >= 0.3 is 12.0 Å². The first kappa shape index (κ1) is 30.9. The van der Waals surface area contributed by atoms with Crippen molar-refractivity contribution in [1.82, 2.24) is 20.6 Å². The minimum atomic E-state index is -0.759. The van der Waals surface area contributed by atoms with Crippen molar-refractivity contribution >= 4 is 24.1 Å². The number of esters is 1. The van der Waals surface area contributed by atoms with Crippen LogP contribution in [0.3, 0.4) is 0 Å². The fourth-order valence-corrected chi connectivity index (χ4v) is 5.02. The molecule has 1 atom stereocenters. The van der Waals surface area contributed by atoms with E-state index in [0.29, 0.717) is 22.8 Å². The van der Waals surface area contributed by atoms with E-state index in [2.05, 4.69) is 51.7 Å². The van der Waals surface area contributed by atoms with Crippen LogP contribution in [0.1, 0.15) is 53.5 Å². The van der Waals surface area contributed by atoms with Crippen molar-refractivity contribution in [2.24, 2.45) is 5.10 Å². The van der Waals surface area contributed by atoms with Gasteiger partial charge in [-0.15, -0.1) is 0 Å². The topological polar surface area (TPSA) is 132 Å². The number of carbonyl (C=O) groups excluding carboxylic acids is 3. The van der Waals surface area contributed by atoms with Crippen LogP contribution in [0, 0.1) is 27.7 Å². The van der Waals surface area contributed by atoms with Gasteiger partial charge < -0.3 is 29.4 Å². The molecule has 1 aliphatic heterocycles. The zero-order valence-corrected chi connectivity index (χ0v) is 25.5. The third-order valence-corrected chi connectivity index (χ3v) is 7.32. The largest absolute Gasteiger partial charge is 0.493 e. The zero-order chi connectivity index (χ0) is 31.3. The van der Waals surface area contributed by atoms with Crippen LogP contribution in [-0.2, 0) is 14.3 Å². The van der Waals surface area contributed by atoms with Crippen molar-refractivity contribution in [1.29, 1.82) is 0 Å². The van der Waals surface area contributed by atoms with E-state index in [-0.39, 0.29) is 18.8 Å². The SMILES string of the molecule is CCOC(=O)C1=C(C)NC(=O)N[C@@H]1c1ccc(OCC(=O)N/N=C\c2cc(C)n(-c3cccc(C)c3C)c2C)c(OC)c1. The van der Waals surface area contributed by atoms with Gasteiger partial charge in [-0.25, -0.2) is 15.0 Å². The molecule has 0 fully saturated rings. The summed E-state index contributed by atoms with van der Waals surface area (Å²) in [5.74, 6) is -0.372. The van der Waals surface area contributed by atoms with Gasteiger partial charge in [0.2, 0.25) is 0 Å². The standard InChI is InChI=1S/C32H37N5O6/c1-8-42-31(39)29-21(5)34-32(40)35-30(29)23-12-13-26(27(15-23)41-7)43-17-28(38)36-33-16-24-14-19(3)37(22(24)6)25-11-9-10-18(2)20(25)4/h9-16,30H,8,17H2,1-7H3,(H,36,38)(H2,34,35,40)/b33-16-/t30-/m1/s1. The van der Waals surface area contributed by atoms with Gasteiger partial charge in [0.1, 0.15) is 0 Å². The van der Waals surface area contributed by atoms with Crippen molar-refractivity contribution in [3.63, 3.8) is 0 Å². The molecule has 0 saturated carbocycles. The number of nitrogens with one attached hydrogen (secondary N) is 3. The molecule has 0 bridgehead atoms. The highest BCUT2D eigenvalue weighted by Gasteiger charge is 2.32. The number of carbonyl (C=O) groups is 3. The third-order valence-electron chi connectivity index (χ3n) is 7.32. The molecular formula is C32H37N5O6. The lowest BCUT2D eigenvalue weighted by Gasteiger charge is -2.28. The van der Waals surface area contributed by atoms with E-state index in [1.807, 2.05) is 26.0 Å². The Hall–Kier alpha value is -5.06. The Morgan fingerprint density at radius 3 is 2.56 bits per heavy atom. The Bertz CT molecular complexity index is 1620. The smallest absolute Gasteiger partial charge is 0.338 e. The van der Waals surface area contributed by atoms with Crippen LogP contribution in [0.15, 0.2) is 58.8 Å². The lowest BCUT2D eigenvalue weighted by molar-refractivity contribution is -0.139. The predicted octanol–water partition coefficient (Wildman–Crippen LogP) is 4.44. The summed E-state index contributed by atoms with van der Waals surface area (Å²) in [5.41, 5.74) is 10.2. The molecule has 1 aromatic heterocycles. The Kier molecular flexibility index (Phi) is 9.54. The quantitative estimate of drug-likeness (QED) is 0.183. The normalized spacial score (nSPS) is 14.8. The summed E-state index contributed by atoms with van der Waals surface area (Å²) >= 11 is 0. The third kappa shape index (κ3) is 6.72. The molecule has 2 heterocycles. The zero-order valence-electron chi connectivity index (χ0n) is 25.5. The molecule has 0 aliphatic carbocycles. The Morgan fingerprint density at radius 2 is 1.84 bits per heavy atom. The van der Waals surface area contributed by atoms with Gasteiger partial charge in [0.15, 0.2) is 18.1 Å². The Labute approximate surface area is 250 Å². The predicted molar refractivity (Wildman–Crippen MR) is 163 cm³/mol. The minimum Gasteiger partial charge on any atom is -0.493 e. The maximum Gasteiger partial charge on any atom is 0.338 e. The first-order valence-corrected chi connectivity index (χ1v) is 13.9. The number of urea groups is 1. The summed E-state index contributed by atoms with van der Waals surface area (Å²) in [6.45, 7) is 11.5. The molecule has 3 N–H and O–H groups in total. The number of hydrogen-bond acceptors (Lipinski definition) is 7. The number of amides is 3. The minimum absolute atomic E-state index is 0.192. The van der Waals surface area contributed by atoms with Crippen LogP contribution in [0.4, 0.5) is 4.79 Å². The molecule has 226 valence electrons. The van der Waals surface area contributed by atoms with Gasteiger partial charge in [-0.1, -0.05) is 18.2 Å². The van der Waals surface area contributed by atoms with E-state index in [1.165, 1.54) is 18.2 Å². The fraction of sp³-hybridized carbons (Fsp3) is 0.312. The number of aromatic nitrogens is 1. The number of hydrogen-bond donors (Lipinski definition) is 3. The highest BCUT2D eigenvalue weighted by Crippen LogP contribution is 2.34. The summed E-state index contributed by atoms with van der Waals surface area (Å²) in [4.78, 5) is 37.3. The molecule has 0 unspecified atom stereocenters. The van der Waals surface area contributed by atoms with Crippen LogP contribution in [0.5, 0.6) is 11.5 Å². The van der Waals surface area contributed by atoms with Crippen molar-refractivity contribution < 1.29 is 28.6 Å². The molecule has 4 rings (SSSR count). The maximum absolute atomic E-state index is 12.6. The summed E-state index contributed by atoms with van der Waals surface area (Å²) in [7, 11) is 1.46. The van der Waals surface area contributed by atoms with Crippen LogP contribution in [0.2, 0.25) is 0 Å². The molecule has 1 aliphatic rings. The van der Waals surface area contributed by atoms with E-state index in [1.54, 1.807) is 38.3 Å². The first-order valence-electron chi connectivity index (χ1n) is 13.9. The molecule has 0 spiro atoms. The Morgan fingerprint density at radius 1 is 1.07 bits per heavy atom. The number of rotatable bonds is 10. The summed E-state index contributed by atoms with van der Waals surface area (Å²) in [5, 5.41) is 9.48. The number of benzene rings is 2. The molecular weight excluding hydrogens is 550 g/mol. The highest BCUT2D eigenvalue weighted by atomic mass is 16.5. The van der Waals surface area contributed by atoms with Gasteiger partial charge in [-0.3, -0.25) is 4.79 Å². The number of methoxy groups -OCH3 is 1. The van der Waals surface area contributed by atoms with Gasteiger partial charge in [-0.05, 0) is 82.5 Å². The monoisotopic (exact) mass is 587 g/mol. The van der Waals surface area contributed by atoms with E-state index in [0.717, 1.165) is 22.6 Å². The lowest BCUT2D eigenvalue weighted by Crippen LogP contribution is -2.45. The van der Waals surface area contributed by atoms with Gasteiger partial charge in [0.25, 0.3) is 5.91 Å². The van der Waals surface area contributed by atoms with Gasteiger partial charge in [0.05, 0.1) is 31.5 Å². The molecule has 0 radical (unpaired) electrons. The number of hydrazone groups is 1. The fourth-order valence-electron chi connectivity index (χ4n) is 5.02. The molecule has 0 saturated heterocycles. The van der Waals surface area contributed by atoms with Gasteiger partial charge in [0, 0.05) is 28.3 Å². The lowest BCUT2D eigenvalue weighted by atomic mass is 9.95. The maximum atomic E-state index is 12.6. The number of ether oxygens (including phenoxy) is 3. The highest BCUT2D eigenvalue weighted by molar-refractivity contribution is 5.95. The van der Waals surface area contributed by atoms with Crippen molar-refractivity contribution in [3.8, 4) is 17.2 Å². The number of nitrogens with zero attached hydrogens (tertiary/aromatic N) is 2. The van der Waals surface area contributed by atoms with E-state index in [9.17, 15) is 14.4 Å². The second-order valence-electron chi connectivity index (χ2n) is 10.2. The summed E-state index contributed by atoms with van der Waals surface area (Å²) in [6, 6.07) is 12.0. The second-order valence-corrected chi connectivity index (χ2v) is 10.2. The second kappa shape index (κ2) is 13.3. The first-order chi connectivity index (χ1) is 20.5. The van der Waals surface area contributed by atoms with Crippen molar-refractivity contribution in [3.05, 3.63) is 87.4 Å². The number of allylic oxidation sites excluding steroid dienone is 1. The molecule has 3 aromatic rings. The van der Waals surface area contributed by atoms with Crippen LogP contribution >= 0.6 is 0 Å². The van der Waals surface area contributed by atoms with Crippen LogP contribution in [-0.4, -0.2) is 49.0 Å². The Balaban J connectivity index is 1.43. The molecule has 43 heavy (non-hydrogen) atoms. The van der Waals surface area contributed by atoms with Crippen LogP contribution < -0.4 is 25.5 Å². The summed E-state index contributed by atoms with van der Waals surface area (Å²) < 4.78 is 18.5. The molecule has 11 nitrogen and oxygen atoms in total. The average molecular weight is 588 g/mol. The molecule has 2 aromatic carbocycles. The van der Waals surface area contributed by atoms with Crippen molar-refractivity contribution in [2.45, 2.75) is 47.6 Å². The van der Waals surface area contributed by atoms with Crippen molar-refractivity contribution in [2.75, 3.05) is 20.3 Å². The summed E-state index contributed by atoms with van der Waals surface area (Å²) in [6.07, 6.45) is 1.61. The van der Waals surface area contributed by atoms with E-state index < -0.39 is 23.9 Å².